The molecule has 20 heavy (non-hydrogen) atoms. The Hall–Kier alpha value is -1.75. The van der Waals surface area contributed by atoms with Gasteiger partial charge in [0.2, 0.25) is 0 Å². The van der Waals surface area contributed by atoms with Gasteiger partial charge in [0.15, 0.2) is 6.10 Å². The lowest BCUT2D eigenvalue weighted by Gasteiger charge is -2.18. The fourth-order valence-electron chi connectivity index (χ4n) is 1.68. The number of nitrogens with one attached hydrogen (secondary N) is 2. The third kappa shape index (κ3) is 4.74. The monoisotopic (exact) mass is 280 g/mol. The first-order valence-corrected chi connectivity index (χ1v) is 6.76. The molecule has 1 atom stereocenters. The minimum Gasteiger partial charge on any atom is -0.497 e. The first-order valence-electron chi connectivity index (χ1n) is 6.76. The van der Waals surface area contributed by atoms with Gasteiger partial charge in [-0.15, -0.1) is 0 Å². The molecule has 5 heteroatoms. The molecular formula is C15H24N2O3. The molecule has 0 aliphatic rings. The molecule has 0 aromatic heterocycles. The number of carbonyl (C=O) groups is 1. The summed E-state index contributed by atoms with van der Waals surface area (Å²) >= 11 is 0. The molecule has 0 bridgehead atoms. The third-order valence-electron chi connectivity index (χ3n) is 2.89. The maximum Gasteiger partial charge on any atom is 0.260 e. The topological polar surface area (TPSA) is 59.6 Å². The Labute approximate surface area is 120 Å². The van der Waals surface area contributed by atoms with E-state index in [1.165, 1.54) is 0 Å². The van der Waals surface area contributed by atoms with E-state index in [2.05, 4.69) is 24.5 Å². The quantitative estimate of drug-likeness (QED) is 0.798. The molecule has 1 rings (SSSR count). The van der Waals surface area contributed by atoms with Crippen molar-refractivity contribution in [2.75, 3.05) is 14.2 Å². The molecule has 0 fully saturated rings. The molecule has 0 aliphatic carbocycles. The second-order valence-electron chi connectivity index (χ2n) is 4.88. The van der Waals surface area contributed by atoms with Crippen molar-refractivity contribution in [3.8, 4) is 11.5 Å². The standard InChI is InChI=1S/C15H24N2O3/c1-10(2)17-9-12-6-7-13(19-5)8-14(12)20-11(3)15(18)16-4/h6-8,10-11,17H,9H2,1-5H3,(H,16,18). The van der Waals surface area contributed by atoms with Crippen LogP contribution in [0.25, 0.3) is 0 Å². The zero-order valence-electron chi connectivity index (χ0n) is 12.8. The van der Waals surface area contributed by atoms with Crippen molar-refractivity contribution >= 4 is 5.91 Å². The van der Waals surface area contributed by atoms with Gasteiger partial charge in [-0.2, -0.15) is 0 Å². The zero-order chi connectivity index (χ0) is 15.1. The molecule has 0 radical (unpaired) electrons. The van der Waals surface area contributed by atoms with Crippen molar-refractivity contribution in [2.45, 2.75) is 39.5 Å². The predicted molar refractivity (Wildman–Crippen MR) is 79.1 cm³/mol. The smallest absolute Gasteiger partial charge is 0.260 e. The average Bonchev–Trinajstić information content (AvgIpc) is 2.44. The zero-order valence-corrected chi connectivity index (χ0v) is 12.8. The minimum absolute atomic E-state index is 0.157. The molecule has 2 N–H and O–H groups in total. The van der Waals surface area contributed by atoms with Gasteiger partial charge in [0.1, 0.15) is 11.5 Å². The van der Waals surface area contributed by atoms with E-state index in [0.29, 0.717) is 24.1 Å². The van der Waals surface area contributed by atoms with Crippen LogP contribution in [0.3, 0.4) is 0 Å². The molecule has 0 aliphatic heterocycles. The molecule has 0 saturated heterocycles. The van der Waals surface area contributed by atoms with Gasteiger partial charge in [0.25, 0.3) is 5.91 Å². The van der Waals surface area contributed by atoms with E-state index >= 15 is 0 Å². The summed E-state index contributed by atoms with van der Waals surface area (Å²) in [5.74, 6) is 1.21. The van der Waals surface area contributed by atoms with Crippen molar-refractivity contribution in [1.29, 1.82) is 0 Å². The lowest BCUT2D eigenvalue weighted by atomic mass is 10.1. The Morgan fingerprint density at radius 2 is 2.00 bits per heavy atom. The van der Waals surface area contributed by atoms with Crippen molar-refractivity contribution in [1.82, 2.24) is 10.6 Å². The third-order valence-corrected chi connectivity index (χ3v) is 2.89. The van der Waals surface area contributed by atoms with Crippen LogP contribution >= 0.6 is 0 Å². The molecule has 112 valence electrons. The highest BCUT2D eigenvalue weighted by Gasteiger charge is 2.15. The van der Waals surface area contributed by atoms with Gasteiger partial charge in [0, 0.05) is 31.3 Å². The van der Waals surface area contributed by atoms with Gasteiger partial charge in [-0.1, -0.05) is 19.9 Å². The van der Waals surface area contributed by atoms with Crippen LogP contribution in [0.15, 0.2) is 18.2 Å². The fourth-order valence-corrected chi connectivity index (χ4v) is 1.68. The Balaban J connectivity index is 2.91. The summed E-state index contributed by atoms with van der Waals surface area (Å²) in [5.41, 5.74) is 0.996. The number of hydrogen-bond acceptors (Lipinski definition) is 4. The van der Waals surface area contributed by atoms with E-state index in [1.54, 1.807) is 27.1 Å². The van der Waals surface area contributed by atoms with Crippen LogP contribution in [-0.4, -0.2) is 32.2 Å². The molecule has 0 spiro atoms. The van der Waals surface area contributed by atoms with Gasteiger partial charge in [-0.3, -0.25) is 4.79 Å². The fraction of sp³-hybridized carbons (Fsp3) is 0.533. The van der Waals surface area contributed by atoms with Gasteiger partial charge >= 0.3 is 0 Å². The maximum absolute atomic E-state index is 11.6. The summed E-state index contributed by atoms with van der Waals surface area (Å²) in [4.78, 5) is 11.6. The van der Waals surface area contributed by atoms with Crippen molar-refractivity contribution in [3.05, 3.63) is 23.8 Å². The summed E-state index contributed by atoms with van der Waals surface area (Å²) in [6.45, 7) is 6.56. The number of likely N-dealkylation sites (N-methyl/N-ethyl adjacent to an activating group) is 1. The van der Waals surface area contributed by atoms with Gasteiger partial charge in [-0.25, -0.2) is 0 Å². The van der Waals surface area contributed by atoms with Crippen LogP contribution in [-0.2, 0) is 11.3 Å². The maximum atomic E-state index is 11.6. The van der Waals surface area contributed by atoms with Gasteiger partial charge in [-0.05, 0) is 13.0 Å². The number of hydrogen-bond donors (Lipinski definition) is 2. The van der Waals surface area contributed by atoms with Crippen LogP contribution < -0.4 is 20.1 Å². The SMILES string of the molecule is CNC(=O)C(C)Oc1cc(OC)ccc1CNC(C)C. The first-order chi connectivity index (χ1) is 9.47. The number of ether oxygens (including phenoxy) is 2. The van der Waals surface area contributed by atoms with Gasteiger partial charge < -0.3 is 20.1 Å². The summed E-state index contributed by atoms with van der Waals surface area (Å²) < 4.78 is 10.9. The Morgan fingerprint density at radius 1 is 1.30 bits per heavy atom. The molecule has 0 saturated carbocycles. The van der Waals surface area contributed by atoms with Crippen LogP contribution in [0.5, 0.6) is 11.5 Å². The minimum atomic E-state index is -0.551. The Kier molecular flexibility index (Phi) is 6.31. The number of methoxy groups -OCH3 is 1. The summed E-state index contributed by atoms with van der Waals surface area (Å²) in [6, 6.07) is 6.01. The summed E-state index contributed by atoms with van der Waals surface area (Å²) in [5, 5.41) is 5.91. The molecule has 1 aromatic rings. The average molecular weight is 280 g/mol. The van der Waals surface area contributed by atoms with Crippen LogP contribution in [0.4, 0.5) is 0 Å². The summed E-state index contributed by atoms with van der Waals surface area (Å²) in [7, 11) is 3.20. The molecule has 0 heterocycles. The number of amides is 1. The molecular weight excluding hydrogens is 256 g/mol. The summed E-state index contributed by atoms with van der Waals surface area (Å²) in [6.07, 6.45) is -0.551. The van der Waals surface area contributed by atoms with E-state index < -0.39 is 6.10 Å². The molecule has 1 amide bonds. The van der Waals surface area contributed by atoms with Gasteiger partial charge in [0.05, 0.1) is 7.11 Å². The molecule has 1 aromatic carbocycles. The van der Waals surface area contributed by atoms with Crippen molar-refractivity contribution in [2.24, 2.45) is 0 Å². The highest BCUT2D eigenvalue weighted by Crippen LogP contribution is 2.26. The van der Waals surface area contributed by atoms with E-state index in [0.717, 1.165) is 5.56 Å². The second kappa shape index (κ2) is 7.75. The van der Waals surface area contributed by atoms with E-state index in [9.17, 15) is 4.79 Å². The largest absolute Gasteiger partial charge is 0.497 e. The second-order valence-corrected chi connectivity index (χ2v) is 4.88. The molecule has 5 nitrogen and oxygen atoms in total. The predicted octanol–water partition coefficient (Wildman–Crippen LogP) is 1.71. The van der Waals surface area contributed by atoms with Crippen LogP contribution in [0.2, 0.25) is 0 Å². The van der Waals surface area contributed by atoms with E-state index in [4.69, 9.17) is 9.47 Å². The van der Waals surface area contributed by atoms with E-state index in [-0.39, 0.29) is 5.91 Å². The van der Waals surface area contributed by atoms with Crippen LogP contribution in [0, 0.1) is 0 Å². The van der Waals surface area contributed by atoms with Crippen molar-refractivity contribution < 1.29 is 14.3 Å². The lowest BCUT2D eigenvalue weighted by Crippen LogP contribution is -2.34. The first kappa shape index (κ1) is 16.3. The Bertz CT molecular complexity index is 447. The lowest BCUT2D eigenvalue weighted by molar-refractivity contribution is -0.126. The van der Waals surface area contributed by atoms with Crippen LogP contribution in [0.1, 0.15) is 26.3 Å². The number of carbonyl (C=O) groups excluding carboxylic acids is 1. The normalized spacial score (nSPS) is 12.1. The highest BCUT2D eigenvalue weighted by atomic mass is 16.5. The molecule has 1 unspecified atom stereocenters. The van der Waals surface area contributed by atoms with E-state index in [1.807, 2.05) is 12.1 Å². The Morgan fingerprint density at radius 3 is 2.55 bits per heavy atom. The number of benzene rings is 1. The highest BCUT2D eigenvalue weighted by molar-refractivity contribution is 5.80. The number of rotatable bonds is 7. The van der Waals surface area contributed by atoms with Crippen molar-refractivity contribution in [3.63, 3.8) is 0 Å².